The Morgan fingerprint density at radius 2 is 1.94 bits per heavy atom. The van der Waals surface area contributed by atoms with Gasteiger partial charge >= 0.3 is 6.18 Å². The molecule has 32 heavy (non-hydrogen) atoms. The molecule has 1 aromatic carbocycles. The number of H-pyrrole nitrogens is 1. The summed E-state index contributed by atoms with van der Waals surface area (Å²) in [6, 6.07) is 8.19. The first-order valence-electron chi connectivity index (χ1n) is 10.5. The first-order chi connectivity index (χ1) is 15.4. The summed E-state index contributed by atoms with van der Waals surface area (Å²) in [6.45, 7) is 0.302. The van der Waals surface area contributed by atoms with Gasteiger partial charge in [0.1, 0.15) is 41.9 Å². The fraction of sp³-hybridized carbons (Fsp3) is 0.455. The van der Waals surface area contributed by atoms with Gasteiger partial charge in [-0.1, -0.05) is 18.2 Å². The summed E-state index contributed by atoms with van der Waals surface area (Å²) >= 11 is 0. The molecule has 3 aromatic rings. The molecule has 0 spiro atoms. The molecule has 2 aromatic heterocycles. The molecule has 3 heterocycles. The van der Waals surface area contributed by atoms with Gasteiger partial charge in [-0.05, 0) is 31.4 Å². The van der Waals surface area contributed by atoms with Crippen molar-refractivity contribution in [3.8, 4) is 5.75 Å². The Morgan fingerprint density at radius 1 is 1.12 bits per heavy atom. The van der Waals surface area contributed by atoms with Crippen LogP contribution in [0.15, 0.2) is 36.7 Å². The lowest BCUT2D eigenvalue weighted by molar-refractivity contribution is -0.140. The lowest BCUT2D eigenvalue weighted by atomic mass is 9.97. The zero-order valence-electron chi connectivity index (χ0n) is 17.4. The Balaban J connectivity index is 1.49. The molecule has 1 saturated carbocycles. The van der Waals surface area contributed by atoms with E-state index in [1.165, 1.54) is 6.33 Å². The van der Waals surface area contributed by atoms with E-state index >= 15 is 0 Å². The SMILES string of the molecule is COC1CCCC1O[C@H]1COc2ccccc2[C@@H]1Nc1ncnc2[nH]c(C(F)(F)F)cc12. The number of para-hydroxylation sites is 1. The minimum Gasteiger partial charge on any atom is -0.490 e. The minimum atomic E-state index is -4.51. The summed E-state index contributed by atoms with van der Waals surface area (Å²) in [5.41, 5.74) is 0.0991. The molecule has 10 heteroatoms. The molecule has 0 amide bonds. The predicted molar refractivity (Wildman–Crippen MR) is 111 cm³/mol. The second kappa shape index (κ2) is 8.25. The number of benzene rings is 1. The van der Waals surface area contributed by atoms with Crippen LogP contribution in [-0.4, -0.2) is 47.0 Å². The van der Waals surface area contributed by atoms with Crippen LogP contribution in [0, 0.1) is 0 Å². The number of rotatable bonds is 5. The number of nitrogens with one attached hydrogen (secondary N) is 2. The number of fused-ring (bicyclic) bond motifs is 2. The van der Waals surface area contributed by atoms with Gasteiger partial charge < -0.3 is 24.5 Å². The minimum absolute atomic E-state index is 0.0117. The maximum Gasteiger partial charge on any atom is 0.431 e. The van der Waals surface area contributed by atoms with Crippen molar-refractivity contribution < 1.29 is 27.4 Å². The molecule has 5 rings (SSSR count). The second-order valence-electron chi connectivity index (χ2n) is 8.05. The van der Waals surface area contributed by atoms with Crippen LogP contribution in [-0.2, 0) is 15.7 Å². The van der Waals surface area contributed by atoms with Crippen molar-refractivity contribution in [1.29, 1.82) is 0 Å². The van der Waals surface area contributed by atoms with Crippen LogP contribution < -0.4 is 10.1 Å². The molecule has 0 bridgehead atoms. The van der Waals surface area contributed by atoms with Crippen LogP contribution in [0.2, 0.25) is 0 Å². The van der Waals surface area contributed by atoms with E-state index in [2.05, 4.69) is 20.3 Å². The number of methoxy groups -OCH3 is 1. The fourth-order valence-electron chi connectivity index (χ4n) is 4.52. The molecule has 4 atom stereocenters. The van der Waals surface area contributed by atoms with Crippen molar-refractivity contribution in [2.24, 2.45) is 0 Å². The Bertz CT molecular complexity index is 1100. The van der Waals surface area contributed by atoms with E-state index in [0.29, 0.717) is 18.2 Å². The van der Waals surface area contributed by atoms with Gasteiger partial charge in [-0.3, -0.25) is 0 Å². The van der Waals surface area contributed by atoms with Crippen molar-refractivity contribution in [2.75, 3.05) is 19.0 Å². The molecule has 1 aliphatic heterocycles. The third kappa shape index (κ3) is 3.88. The van der Waals surface area contributed by atoms with Crippen LogP contribution in [0.3, 0.4) is 0 Å². The van der Waals surface area contributed by atoms with Crippen LogP contribution in [0.5, 0.6) is 5.75 Å². The van der Waals surface area contributed by atoms with Crippen LogP contribution in [0.1, 0.15) is 36.6 Å². The first-order valence-corrected chi connectivity index (χ1v) is 10.5. The molecular formula is C22H23F3N4O3. The smallest absolute Gasteiger partial charge is 0.431 e. The van der Waals surface area contributed by atoms with Gasteiger partial charge in [0.15, 0.2) is 0 Å². The quantitative estimate of drug-likeness (QED) is 0.599. The molecule has 2 unspecified atom stereocenters. The summed E-state index contributed by atoms with van der Waals surface area (Å²) in [6.07, 6.45) is -0.881. The number of hydrogen-bond donors (Lipinski definition) is 2. The molecule has 0 saturated heterocycles. The summed E-state index contributed by atoms with van der Waals surface area (Å²) in [7, 11) is 1.68. The number of hydrogen-bond acceptors (Lipinski definition) is 6. The Morgan fingerprint density at radius 3 is 2.75 bits per heavy atom. The van der Waals surface area contributed by atoms with Crippen LogP contribution >= 0.6 is 0 Å². The monoisotopic (exact) mass is 448 g/mol. The number of aromatic amines is 1. The van der Waals surface area contributed by atoms with E-state index in [-0.39, 0.29) is 35.4 Å². The maximum atomic E-state index is 13.2. The third-order valence-corrected chi connectivity index (χ3v) is 6.10. The largest absolute Gasteiger partial charge is 0.490 e. The predicted octanol–water partition coefficient (Wildman–Crippen LogP) is 4.48. The van der Waals surface area contributed by atoms with Crippen molar-refractivity contribution in [2.45, 2.75) is 49.8 Å². The normalized spacial score (nSPS) is 25.5. The number of ether oxygens (including phenoxy) is 3. The standard InChI is InChI=1S/C22H23F3N4O3/c1-30-15-7-4-8-16(15)32-17-10-31-14-6-3-2-5-12(14)19(17)29-21-13-9-18(22(23,24)25)28-20(13)26-11-27-21/h2-3,5-6,9,11,15-17,19H,4,7-8,10H2,1H3,(H2,26,27,28,29)/t15?,16?,17-,19-/m0/s1. The Kier molecular flexibility index (Phi) is 5.42. The molecule has 170 valence electrons. The highest BCUT2D eigenvalue weighted by molar-refractivity contribution is 5.88. The van der Waals surface area contributed by atoms with E-state index in [0.717, 1.165) is 30.9 Å². The average Bonchev–Trinajstić information content (AvgIpc) is 3.42. The molecule has 2 N–H and O–H groups in total. The highest BCUT2D eigenvalue weighted by atomic mass is 19.4. The third-order valence-electron chi connectivity index (χ3n) is 6.10. The Labute approximate surface area is 182 Å². The van der Waals surface area contributed by atoms with Gasteiger partial charge in [-0.15, -0.1) is 0 Å². The zero-order valence-corrected chi connectivity index (χ0v) is 17.4. The van der Waals surface area contributed by atoms with Crippen molar-refractivity contribution in [1.82, 2.24) is 15.0 Å². The molecule has 1 aliphatic carbocycles. The van der Waals surface area contributed by atoms with Gasteiger partial charge in [0.2, 0.25) is 0 Å². The Hall–Kier alpha value is -2.85. The highest BCUT2D eigenvalue weighted by Crippen LogP contribution is 2.39. The van der Waals surface area contributed by atoms with Crippen molar-refractivity contribution in [3.63, 3.8) is 0 Å². The number of alkyl halides is 3. The number of anilines is 1. The molecular weight excluding hydrogens is 425 g/mol. The van der Waals surface area contributed by atoms with Gasteiger partial charge in [-0.2, -0.15) is 13.2 Å². The summed E-state index contributed by atoms with van der Waals surface area (Å²) in [4.78, 5) is 10.5. The topological polar surface area (TPSA) is 81.3 Å². The van der Waals surface area contributed by atoms with E-state index in [1.807, 2.05) is 24.3 Å². The lowest BCUT2D eigenvalue weighted by Crippen LogP contribution is -2.41. The fourth-order valence-corrected chi connectivity index (χ4v) is 4.52. The van der Waals surface area contributed by atoms with Gasteiger partial charge in [-0.25, -0.2) is 9.97 Å². The summed E-state index contributed by atoms with van der Waals surface area (Å²) in [5.74, 6) is 1.00. The number of nitrogens with zero attached hydrogens (tertiary/aromatic N) is 2. The van der Waals surface area contributed by atoms with E-state index < -0.39 is 11.9 Å². The van der Waals surface area contributed by atoms with Crippen molar-refractivity contribution >= 4 is 16.9 Å². The summed E-state index contributed by atoms with van der Waals surface area (Å²) in [5, 5.41) is 3.58. The van der Waals surface area contributed by atoms with Gasteiger partial charge in [0.25, 0.3) is 0 Å². The molecule has 2 aliphatic rings. The molecule has 0 radical (unpaired) electrons. The maximum absolute atomic E-state index is 13.2. The number of aromatic nitrogens is 3. The van der Waals surface area contributed by atoms with Crippen LogP contribution in [0.25, 0.3) is 11.0 Å². The van der Waals surface area contributed by atoms with E-state index in [1.54, 1.807) is 7.11 Å². The van der Waals surface area contributed by atoms with E-state index in [9.17, 15) is 13.2 Å². The zero-order chi connectivity index (χ0) is 22.3. The summed E-state index contributed by atoms with van der Waals surface area (Å²) < 4.78 is 57.6. The number of halogens is 3. The van der Waals surface area contributed by atoms with Crippen LogP contribution in [0.4, 0.5) is 19.0 Å². The van der Waals surface area contributed by atoms with E-state index in [4.69, 9.17) is 14.2 Å². The van der Waals surface area contributed by atoms with Gasteiger partial charge in [0, 0.05) is 12.7 Å². The first kappa shape index (κ1) is 21.0. The van der Waals surface area contributed by atoms with Gasteiger partial charge in [0.05, 0.1) is 23.6 Å². The second-order valence-corrected chi connectivity index (χ2v) is 8.05. The molecule has 7 nitrogen and oxygen atoms in total. The average molecular weight is 448 g/mol. The molecule has 1 fully saturated rings. The highest BCUT2D eigenvalue weighted by Gasteiger charge is 2.38. The van der Waals surface area contributed by atoms with Crippen molar-refractivity contribution in [3.05, 3.63) is 47.9 Å². The lowest BCUT2D eigenvalue weighted by Gasteiger charge is -2.36.